The molecule has 25 heavy (non-hydrogen) atoms. The molecule has 2 aromatic carbocycles. The van der Waals surface area contributed by atoms with Crippen LogP contribution in [-0.4, -0.2) is 21.1 Å². The molecule has 3 rings (SSSR count). The third kappa shape index (κ3) is 4.15. The summed E-state index contributed by atoms with van der Waals surface area (Å²) in [7, 11) is 0. The number of nitrogens with one attached hydrogen (secondary N) is 1. The first-order valence-corrected chi connectivity index (χ1v) is 7.62. The molecule has 3 aromatic rings. The molecule has 0 saturated carbocycles. The smallest absolute Gasteiger partial charge is 0.258 e. The molecule has 0 bridgehead atoms. The Hall–Kier alpha value is -3.32. The molecule has 0 amide bonds. The fourth-order valence-corrected chi connectivity index (χ4v) is 2.23. The van der Waals surface area contributed by atoms with Gasteiger partial charge in [0, 0.05) is 40.7 Å². The number of nitrogens with zero attached hydrogens (tertiary/aromatic N) is 4. The van der Waals surface area contributed by atoms with Gasteiger partial charge in [0.1, 0.15) is 0 Å². The van der Waals surface area contributed by atoms with E-state index < -0.39 is 4.92 Å². The van der Waals surface area contributed by atoms with E-state index in [1.807, 2.05) is 18.2 Å². The molecule has 8 heteroatoms. The molecular formula is C17H12ClN5O2. The standard InChI is InChI=1S/C17H12ClN5O2/c18-16-4-2-1-3-13(16)11-21-22-17-19-9-14(10-20-17)12-5-7-15(8-6-12)23(24)25/h1-11H,(H,19,20,22)/b21-11+. The third-order valence-electron chi connectivity index (χ3n) is 3.34. The molecule has 1 aromatic heterocycles. The van der Waals surface area contributed by atoms with Crippen LogP contribution in [0.5, 0.6) is 0 Å². The van der Waals surface area contributed by atoms with E-state index in [1.165, 1.54) is 12.1 Å². The van der Waals surface area contributed by atoms with Crippen molar-refractivity contribution in [1.82, 2.24) is 9.97 Å². The van der Waals surface area contributed by atoms with Crippen molar-refractivity contribution in [1.29, 1.82) is 0 Å². The molecule has 0 aliphatic heterocycles. The van der Waals surface area contributed by atoms with Crippen LogP contribution < -0.4 is 5.43 Å². The Kier molecular flexibility index (Phi) is 4.96. The minimum absolute atomic E-state index is 0.0388. The lowest BCUT2D eigenvalue weighted by atomic mass is 10.1. The number of nitro benzene ring substituents is 1. The Morgan fingerprint density at radius 2 is 1.72 bits per heavy atom. The Bertz CT molecular complexity index is 911. The van der Waals surface area contributed by atoms with Gasteiger partial charge in [0.15, 0.2) is 0 Å². The molecule has 1 N–H and O–H groups in total. The minimum atomic E-state index is -0.440. The first kappa shape index (κ1) is 16.5. The monoisotopic (exact) mass is 353 g/mol. The SMILES string of the molecule is O=[N+]([O-])c1ccc(-c2cnc(N/N=C/c3ccccc3Cl)nc2)cc1. The van der Waals surface area contributed by atoms with E-state index in [9.17, 15) is 10.1 Å². The van der Waals surface area contributed by atoms with Crippen molar-refractivity contribution in [3.05, 3.63) is 81.6 Å². The quantitative estimate of drug-likeness (QED) is 0.422. The van der Waals surface area contributed by atoms with Gasteiger partial charge in [-0.05, 0) is 23.8 Å². The van der Waals surface area contributed by atoms with Gasteiger partial charge in [0.25, 0.3) is 5.69 Å². The summed E-state index contributed by atoms with van der Waals surface area (Å²) >= 11 is 6.03. The van der Waals surface area contributed by atoms with Crippen LogP contribution in [0.2, 0.25) is 5.02 Å². The summed E-state index contributed by atoms with van der Waals surface area (Å²) in [5, 5.41) is 15.3. The molecule has 1 heterocycles. The number of non-ortho nitro benzene ring substituents is 1. The second-order valence-electron chi connectivity index (χ2n) is 4.99. The highest BCUT2D eigenvalue weighted by Crippen LogP contribution is 2.21. The summed E-state index contributed by atoms with van der Waals surface area (Å²) in [5.41, 5.74) is 5.07. The largest absolute Gasteiger partial charge is 0.269 e. The van der Waals surface area contributed by atoms with E-state index in [2.05, 4.69) is 20.5 Å². The molecule has 0 spiro atoms. The molecule has 0 aliphatic carbocycles. The number of anilines is 1. The van der Waals surface area contributed by atoms with Crippen molar-refractivity contribution < 1.29 is 4.92 Å². The van der Waals surface area contributed by atoms with Gasteiger partial charge in [-0.1, -0.05) is 29.8 Å². The number of benzene rings is 2. The van der Waals surface area contributed by atoms with Crippen LogP contribution in [0.3, 0.4) is 0 Å². The highest BCUT2D eigenvalue weighted by molar-refractivity contribution is 6.33. The maximum Gasteiger partial charge on any atom is 0.269 e. The van der Waals surface area contributed by atoms with Crippen molar-refractivity contribution in [3.8, 4) is 11.1 Å². The van der Waals surface area contributed by atoms with E-state index in [0.717, 1.165) is 16.7 Å². The van der Waals surface area contributed by atoms with Gasteiger partial charge in [-0.15, -0.1) is 0 Å². The van der Waals surface area contributed by atoms with Crippen molar-refractivity contribution in [2.45, 2.75) is 0 Å². The average Bonchev–Trinajstić information content (AvgIpc) is 2.64. The number of nitro groups is 1. The number of hydrogen-bond donors (Lipinski definition) is 1. The van der Waals surface area contributed by atoms with Gasteiger partial charge in [-0.3, -0.25) is 10.1 Å². The number of hydrazone groups is 1. The molecule has 0 unspecified atom stereocenters. The van der Waals surface area contributed by atoms with E-state index in [4.69, 9.17) is 11.6 Å². The zero-order chi connectivity index (χ0) is 17.6. The van der Waals surface area contributed by atoms with Crippen LogP contribution in [0, 0.1) is 10.1 Å². The number of halogens is 1. The van der Waals surface area contributed by atoms with Crippen LogP contribution in [-0.2, 0) is 0 Å². The highest BCUT2D eigenvalue weighted by Gasteiger charge is 2.06. The second kappa shape index (κ2) is 7.50. The van der Waals surface area contributed by atoms with E-state index in [0.29, 0.717) is 11.0 Å². The first-order chi connectivity index (χ1) is 12.1. The topological polar surface area (TPSA) is 93.3 Å². The predicted octanol–water partition coefficient (Wildman–Crippen LogP) is 4.15. The lowest BCUT2D eigenvalue weighted by Crippen LogP contribution is -1.97. The molecule has 124 valence electrons. The molecule has 7 nitrogen and oxygen atoms in total. The zero-order valence-electron chi connectivity index (χ0n) is 12.8. The Morgan fingerprint density at radius 3 is 2.36 bits per heavy atom. The lowest BCUT2D eigenvalue weighted by Gasteiger charge is -2.02. The van der Waals surface area contributed by atoms with Gasteiger partial charge in [-0.2, -0.15) is 5.10 Å². The lowest BCUT2D eigenvalue weighted by molar-refractivity contribution is -0.384. The van der Waals surface area contributed by atoms with Gasteiger partial charge >= 0.3 is 0 Å². The Labute approximate surface area is 148 Å². The van der Waals surface area contributed by atoms with Gasteiger partial charge in [0.2, 0.25) is 5.95 Å². The molecule has 0 radical (unpaired) electrons. The Morgan fingerprint density at radius 1 is 1.04 bits per heavy atom. The van der Waals surface area contributed by atoms with Crippen LogP contribution >= 0.6 is 11.6 Å². The third-order valence-corrected chi connectivity index (χ3v) is 3.68. The van der Waals surface area contributed by atoms with Crippen LogP contribution in [0.15, 0.2) is 66.0 Å². The summed E-state index contributed by atoms with van der Waals surface area (Å²) in [4.78, 5) is 18.6. The summed E-state index contributed by atoms with van der Waals surface area (Å²) < 4.78 is 0. The maximum absolute atomic E-state index is 10.7. The normalized spacial score (nSPS) is 10.8. The number of hydrogen-bond acceptors (Lipinski definition) is 6. The van der Waals surface area contributed by atoms with Crippen LogP contribution in [0.25, 0.3) is 11.1 Å². The molecule has 0 fully saturated rings. The molecule has 0 saturated heterocycles. The summed E-state index contributed by atoms with van der Waals surface area (Å²) in [5.74, 6) is 0.328. The van der Waals surface area contributed by atoms with Crippen molar-refractivity contribution in [2.24, 2.45) is 5.10 Å². The van der Waals surface area contributed by atoms with Crippen LogP contribution in [0.4, 0.5) is 11.6 Å². The van der Waals surface area contributed by atoms with Gasteiger partial charge in [-0.25, -0.2) is 15.4 Å². The van der Waals surface area contributed by atoms with Crippen molar-refractivity contribution in [2.75, 3.05) is 5.43 Å². The van der Waals surface area contributed by atoms with Crippen molar-refractivity contribution in [3.63, 3.8) is 0 Å². The molecular weight excluding hydrogens is 342 g/mol. The second-order valence-corrected chi connectivity index (χ2v) is 5.40. The molecule has 0 aliphatic rings. The predicted molar refractivity (Wildman–Crippen MR) is 96.8 cm³/mol. The number of rotatable bonds is 5. The van der Waals surface area contributed by atoms with Crippen molar-refractivity contribution >= 4 is 29.5 Å². The summed E-state index contributed by atoms with van der Waals surface area (Å²) in [6, 6.07) is 13.5. The Balaban J connectivity index is 1.68. The average molecular weight is 354 g/mol. The summed E-state index contributed by atoms with van der Waals surface area (Å²) in [6.45, 7) is 0. The molecule has 0 atom stereocenters. The van der Waals surface area contributed by atoms with Crippen LogP contribution in [0.1, 0.15) is 5.56 Å². The minimum Gasteiger partial charge on any atom is -0.258 e. The number of aromatic nitrogens is 2. The first-order valence-electron chi connectivity index (χ1n) is 7.24. The van der Waals surface area contributed by atoms with Gasteiger partial charge in [0.05, 0.1) is 11.1 Å². The van der Waals surface area contributed by atoms with E-state index in [1.54, 1.807) is 36.8 Å². The van der Waals surface area contributed by atoms with E-state index >= 15 is 0 Å². The zero-order valence-corrected chi connectivity index (χ0v) is 13.6. The summed E-state index contributed by atoms with van der Waals surface area (Å²) in [6.07, 6.45) is 4.80. The van der Waals surface area contributed by atoms with E-state index in [-0.39, 0.29) is 5.69 Å². The highest BCUT2D eigenvalue weighted by atomic mass is 35.5. The maximum atomic E-state index is 10.7. The van der Waals surface area contributed by atoms with Gasteiger partial charge < -0.3 is 0 Å². The fourth-order valence-electron chi connectivity index (χ4n) is 2.05. The fraction of sp³-hybridized carbons (Fsp3) is 0.